The highest BCUT2D eigenvalue weighted by molar-refractivity contribution is 5.07. The third-order valence-corrected chi connectivity index (χ3v) is 2.86. The van der Waals surface area contributed by atoms with Gasteiger partial charge in [-0.1, -0.05) is 39.0 Å². The summed E-state index contributed by atoms with van der Waals surface area (Å²) in [6, 6.07) is 0. The number of hydrogen-bond acceptors (Lipinski definition) is 0. The van der Waals surface area contributed by atoms with E-state index in [1.807, 2.05) is 0 Å². The molecule has 0 aromatic heterocycles. The summed E-state index contributed by atoms with van der Waals surface area (Å²) in [6.07, 6.45) is 0. The second kappa shape index (κ2) is 1.74. The predicted octanol–water partition coefficient (Wildman–Crippen LogP) is 2.75. The Balaban J connectivity index is 2.52. The van der Waals surface area contributed by atoms with E-state index >= 15 is 0 Å². The second-order valence-electron chi connectivity index (χ2n) is 4.20. The summed E-state index contributed by atoms with van der Waals surface area (Å²) >= 11 is 0. The molecule has 0 aliphatic heterocycles. The van der Waals surface area contributed by atoms with Crippen molar-refractivity contribution < 1.29 is 0 Å². The van der Waals surface area contributed by atoms with Gasteiger partial charge < -0.3 is 6.92 Å². The first-order valence-corrected chi connectivity index (χ1v) is 3.81. The van der Waals surface area contributed by atoms with E-state index in [0.717, 1.165) is 11.8 Å². The molecule has 0 aromatic carbocycles. The van der Waals surface area contributed by atoms with Crippen LogP contribution in [0.25, 0.3) is 0 Å². The van der Waals surface area contributed by atoms with Crippen LogP contribution in [-0.4, -0.2) is 0 Å². The molecule has 54 valence electrons. The lowest BCUT2D eigenvalue weighted by atomic mass is 10.0. The third kappa shape index (κ3) is 0.889. The van der Waals surface area contributed by atoms with Crippen molar-refractivity contribution >= 4 is 0 Å². The summed E-state index contributed by atoms with van der Waals surface area (Å²) in [6.45, 7) is 13.3. The minimum Gasteiger partial charge on any atom is -0.339 e. The maximum absolute atomic E-state index is 4.11. The van der Waals surface area contributed by atoms with Crippen molar-refractivity contribution in [1.82, 2.24) is 0 Å². The van der Waals surface area contributed by atoms with Crippen LogP contribution in [0.4, 0.5) is 0 Å². The Morgan fingerprint density at radius 2 is 1.67 bits per heavy atom. The third-order valence-electron chi connectivity index (χ3n) is 2.86. The van der Waals surface area contributed by atoms with E-state index in [2.05, 4.69) is 34.6 Å². The van der Waals surface area contributed by atoms with Gasteiger partial charge in [0.25, 0.3) is 0 Å². The summed E-state index contributed by atoms with van der Waals surface area (Å²) in [5.74, 6) is 2.40. The van der Waals surface area contributed by atoms with Crippen molar-refractivity contribution in [1.29, 1.82) is 0 Å². The zero-order valence-electron chi connectivity index (χ0n) is 6.94. The Kier molecular flexibility index (Phi) is 1.38. The Morgan fingerprint density at radius 3 is 1.67 bits per heavy atom. The lowest BCUT2D eigenvalue weighted by Crippen LogP contribution is -1.96. The van der Waals surface area contributed by atoms with E-state index in [9.17, 15) is 0 Å². The van der Waals surface area contributed by atoms with E-state index in [1.165, 1.54) is 0 Å². The van der Waals surface area contributed by atoms with Gasteiger partial charge >= 0.3 is 0 Å². The van der Waals surface area contributed by atoms with E-state index in [0.29, 0.717) is 11.3 Å². The zero-order valence-corrected chi connectivity index (χ0v) is 6.94. The van der Waals surface area contributed by atoms with E-state index in [-0.39, 0.29) is 0 Å². The summed E-state index contributed by atoms with van der Waals surface area (Å²) in [5, 5.41) is 0. The van der Waals surface area contributed by atoms with Crippen molar-refractivity contribution in [3.05, 3.63) is 6.92 Å². The van der Waals surface area contributed by atoms with Gasteiger partial charge in [-0.2, -0.15) is 5.92 Å². The van der Waals surface area contributed by atoms with E-state index < -0.39 is 0 Å². The molecule has 1 fully saturated rings. The summed E-state index contributed by atoms with van der Waals surface area (Å²) in [5.41, 5.74) is 0.536. The minimum absolute atomic E-state index is 0.536. The van der Waals surface area contributed by atoms with Crippen LogP contribution in [-0.2, 0) is 0 Å². The molecule has 0 heterocycles. The first-order valence-electron chi connectivity index (χ1n) is 3.81. The molecular weight excluding hydrogens is 108 g/mol. The monoisotopic (exact) mass is 125 g/mol. The van der Waals surface area contributed by atoms with Crippen molar-refractivity contribution in [2.75, 3.05) is 0 Å². The van der Waals surface area contributed by atoms with Crippen molar-refractivity contribution in [2.24, 2.45) is 23.2 Å². The molecule has 2 atom stereocenters. The summed E-state index contributed by atoms with van der Waals surface area (Å²) in [4.78, 5) is 0. The Bertz CT molecular complexity index is 111. The second-order valence-corrected chi connectivity index (χ2v) is 4.20. The SMILES string of the molecule is [CH2-]C1C(C(C)C)C1(C)C. The van der Waals surface area contributed by atoms with Crippen LogP contribution in [0, 0.1) is 30.1 Å². The molecule has 0 N–H and O–H groups in total. The molecule has 0 bridgehead atoms. The molecule has 1 saturated carbocycles. The van der Waals surface area contributed by atoms with Gasteiger partial charge in [0.15, 0.2) is 0 Å². The van der Waals surface area contributed by atoms with Gasteiger partial charge in [0.05, 0.1) is 0 Å². The molecule has 0 aromatic rings. The Labute approximate surface area is 58.7 Å². The van der Waals surface area contributed by atoms with Gasteiger partial charge in [-0.15, -0.1) is 0 Å². The fraction of sp³-hybridized carbons (Fsp3) is 0.889. The minimum atomic E-state index is 0.536. The van der Waals surface area contributed by atoms with Gasteiger partial charge in [0.1, 0.15) is 0 Å². The molecule has 1 aliphatic carbocycles. The lowest BCUT2D eigenvalue weighted by Gasteiger charge is -2.06. The van der Waals surface area contributed by atoms with E-state index in [1.54, 1.807) is 0 Å². The van der Waals surface area contributed by atoms with Crippen LogP contribution < -0.4 is 0 Å². The highest BCUT2D eigenvalue weighted by Crippen LogP contribution is 2.60. The first kappa shape index (κ1) is 7.11. The fourth-order valence-corrected chi connectivity index (χ4v) is 2.11. The maximum atomic E-state index is 4.11. The van der Waals surface area contributed by atoms with Crippen LogP contribution in [0.2, 0.25) is 0 Å². The zero-order chi connectivity index (χ0) is 7.23. The fourth-order valence-electron chi connectivity index (χ4n) is 2.11. The first-order chi connectivity index (χ1) is 3.98. The van der Waals surface area contributed by atoms with Gasteiger partial charge in [0.2, 0.25) is 0 Å². The molecule has 0 nitrogen and oxygen atoms in total. The Morgan fingerprint density at radius 1 is 1.33 bits per heavy atom. The highest BCUT2D eigenvalue weighted by atomic mass is 14.6. The largest absolute Gasteiger partial charge is 0.339 e. The van der Waals surface area contributed by atoms with E-state index in [4.69, 9.17) is 0 Å². The normalized spacial score (nSPS) is 39.3. The Hall–Kier alpha value is 0. The predicted molar refractivity (Wildman–Crippen MR) is 41.0 cm³/mol. The van der Waals surface area contributed by atoms with Crippen LogP contribution in [0.1, 0.15) is 27.7 Å². The topological polar surface area (TPSA) is 0 Å². The van der Waals surface area contributed by atoms with Crippen LogP contribution in [0.15, 0.2) is 0 Å². The molecule has 0 heteroatoms. The standard InChI is InChI=1S/C9H17/c1-6(2)8-7(3)9(8,4)5/h6-8H,3H2,1-2,4-5H3/q-1. The quantitative estimate of drug-likeness (QED) is 0.473. The van der Waals surface area contributed by atoms with Crippen LogP contribution >= 0.6 is 0 Å². The van der Waals surface area contributed by atoms with Gasteiger partial charge in [-0.3, -0.25) is 0 Å². The summed E-state index contributed by atoms with van der Waals surface area (Å²) in [7, 11) is 0. The molecular formula is C9H17-. The average molecular weight is 125 g/mol. The van der Waals surface area contributed by atoms with Gasteiger partial charge in [-0.25, -0.2) is 0 Å². The number of hydrogen-bond donors (Lipinski definition) is 0. The molecule has 0 radical (unpaired) electrons. The molecule has 9 heavy (non-hydrogen) atoms. The lowest BCUT2D eigenvalue weighted by molar-refractivity contribution is 0.451. The molecule has 1 aliphatic rings. The summed E-state index contributed by atoms with van der Waals surface area (Å²) < 4.78 is 0. The molecule has 1 rings (SSSR count). The number of rotatable bonds is 1. The molecule has 0 spiro atoms. The van der Waals surface area contributed by atoms with Gasteiger partial charge in [-0.05, 0) is 5.92 Å². The molecule has 0 amide bonds. The van der Waals surface area contributed by atoms with Crippen molar-refractivity contribution in [3.8, 4) is 0 Å². The highest BCUT2D eigenvalue weighted by Gasteiger charge is 2.49. The molecule has 0 saturated heterocycles. The average Bonchev–Trinajstić information content (AvgIpc) is 2.07. The van der Waals surface area contributed by atoms with Gasteiger partial charge in [0, 0.05) is 0 Å². The maximum Gasteiger partial charge on any atom is -0.0460 e. The van der Waals surface area contributed by atoms with Crippen molar-refractivity contribution in [2.45, 2.75) is 27.7 Å². The smallest absolute Gasteiger partial charge is 0.0460 e. The van der Waals surface area contributed by atoms with Crippen LogP contribution in [0.5, 0.6) is 0 Å². The van der Waals surface area contributed by atoms with Crippen LogP contribution in [0.3, 0.4) is 0 Å². The van der Waals surface area contributed by atoms with Crippen molar-refractivity contribution in [3.63, 3.8) is 0 Å². The molecule has 2 unspecified atom stereocenters.